The smallest absolute Gasteiger partial charge is 0.387 e. The van der Waals surface area contributed by atoms with Gasteiger partial charge in [-0.25, -0.2) is 4.68 Å². The molecule has 0 radical (unpaired) electrons. The Morgan fingerprint density at radius 2 is 1.93 bits per heavy atom. The SMILES string of the molecule is COc1ccc(NC(=O)c2ccc(-n3cc(Br)cn3)cc2)cc1OC(F)F. The second-order valence-corrected chi connectivity index (χ2v) is 6.26. The van der Waals surface area contributed by atoms with E-state index in [0.29, 0.717) is 11.3 Å². The summed E-state index contributed by atoms with van der Waals surface area (Å²) in [6.07, 6.45) is 3.44. The third-order valence-electron chi connectivity index (χ3n) is 3.58. The van der Waals surface area contributed by atoms with Crippen LogP contribution in [0.3, 0.4) is 0 Å². The molecular formula is C18H14BrF2N3O3. The molecule has 0 fully saturated rings. The van der Waals surface area contributed by atoms with E-state index >= 15 is 0 Å². The summed E-state index contributed by atoms with van der Waals surface area (Å²) in [5, 5.41) is 6.80. The maximum absolute atomic E-state index is 12.5. The zero-order chi connectivity index (χ0) is 19.4. The first-order chi connectivity index (χ1) is 13.0. The Bertz CT molecular complexity index is 945. The Kier molecular flexibility index (Phi) is 5.70. The highest BCUT2D eigenvalue weighted by Crippen LogP contribution is 2.31. The van der Waals surface area contributed by atoms with Crippen LogP contribution in [-0.4, -0.2) is 29.4 Å². The number of alkyl halides is 2. The highest BCUT2D eigenvalue weighted by atomic mass is 79.9. The van der Waals surface area contributed by atoms with E-state index in [1.807, 2.05) is 0 Å². The second kappa shape index (κ2) is 8.17. The summed E-state index contributed by atoms with van der Waals surface area (Å²) in [6.45, 7) is -3.00. The molecular weight excluding hydrogens is 424 g/mol. The van der Waals surface area contributed by atoms with E-state index < -0.39 is 12.5 Å². The monoisotopic (exact) mass is 437 g/mol. The van der Waals surface area contributed by atoms with E-state index in [0.717, 1.165) is 10.2 Å². The molecule has 0 saturated heterocycles. The van der Waals surface area contributed by atoms with Crippen molar-refractivity contribution in [1.29, 1.82) is 0 Å². The van der Waals surface area contributed by atoms with E-state index in [1.54, 1.807) is 41.3 Å². The number of carbonyl (C=O) groups excluding carboxylic acids is 1. The van der Waals surface area contributed by atoms with Crippen molar-refractivity contribution in [2.45, 2.75) is 6.61 Å². The molecule has 0 spiro atoms. The van der Waals surface area contributed by atoms with Gasteiger partial charge in [0, 0.05) is 23.5 Å². The fourth-order valence-corrected chi connectivity index (χ4v) is 2.64. The zero-order valence-corrected chi connectivity index (χ0v) is 15.6. The summed E-state index contributed by atoms with van der Waals surface area (Å²) in [4.78, 5) is 12.4. The van der Waals surface area contributed by atoms with Gasteiger partial charge in [-0.1, -0.05) is 0 Å². The number of rotatable bonds is 6. The quantitative estimate of drug-likeness (QED) is 0.616. The topological polar surface area (TPSA) is 65.4 Å². The van der Waals surface area contributed by atoms with Crippen LogP contribution in [0, 0.1) is 0 Å². The lowest BCUT2D eigenvalue weighted by molar-refractivity contribution is -0.0511. The number of hydrogen-bond donors (Lipinski definition) is 1. The molecule has 140 valence electrons. The van der Waals surface area contributed by atoms with Crippen LogP contribution in [0.4, 0.5) is 14.5 Å². The largest absolute Gasteiger partial charge is 0.493 e. The van der Waals surface area contributed by atoms with Gasteiger partial charge in [-0.2, -0.15) is 13.9 Å². The molecule has 2 aromatic carbocycles. The van der Waals surface area contributed by atoms with E-state index in [2.05, 4.69) is 31.1 Å². The summed E-state index contributed by atoms with van der Waals surface area (Å²) in [7, 11) is 1.34. The van der Waals surface area contributed by atoms with Crippen molar-refractivity contribution in [3.8, 4) is 17.2 Å². The van der Waals surface area contributed by atoms with Gasteiger partial charge in [0.05, 0.1) is 23.5 Å². The zero-order valence-electron chi connectivity index (χ0n) is 14.0. The van der Waals surface area contributed by atoms with Gasteiger partial charge in [0.1, 0.15) is 0 Å². The van der Waals surface area contributed by atoms with Gasteiger partial charge >= 0.3 is 6.61 Å². The molecule has 0 bridgehead atoms. The number of benzene rings is 2. The van der Waals surface area contributed by atoms with Gasteiger partial charge < -0.3 is 14.8 Å². The molecule has 6 nitrogen and oxygen atoms in total. The van der Waals surface area contributed by atoms with Crippen LogP contribution < -0.4 is 14.8 Å². The number of methoxy groups -OCH3 is 1. The van der Waals surface area contributed by atoms with E-state index in [-0.39, 0.29) is 11.5 Å². The molecule has 27 heavy (non-hydrogen) atoms. The van der Waals surface area contributed by atoms with Gasteiger partial charge in [-0.3, -0.25) is 4.79 Å². The van der Waals surface area contributed by atoms with Crippen LogP contribution >= 0.6 is 15.9 Å². The van der Waals surface area contributed by atoms with Gasteiger partial charge in [0.15, 0.2) is 11.5 Å². The third-order valence-corrected chi connectivity index (χ3v) is 3.99. The second-order valence-electron chi connectivity index (χ2n) is 5.35. The molecule has 0 saturated carbocycles. The molecule has 0 atom stereocenters. The van der Waals surface area contributed by atoms with Gasteiger partial charge in [-0.15, -0.1) is 0 Å². The number of hydrogen-bond acceptors (Lipinski definition) is 4. The predicted molar refractivity (Wildman–Crippen MR) is 98.8 cm³/mol. The molecule has 0 aliphatic rings. The van der Waals surface area contributed by atoms with Crippen molar-refractivity contribution in [3.05, 3.63) is 64.9 Å². The predicted octanol–water partition coefficient (Wildman–Crippen LogP) is 4.50. The van der Waals surface area contributed by atoms with Gasteiger partial charge in [0.25, 0.3) is 5.91 Å². The highest BCUT2D eigenvalue weighted by molar-refractivity contribution is 9.10. The van der Waals surface area contributed by atoms with Crippen LogP contribution in [0.1, 0.15) is 10.4 Å². The fourth-order valence-electron chi connectivity index (χ4n) is 2.35. The fraction of sp³-hybridized carbons (Fsp3) is 0.111. The molecule has 9 heteroatoms. The van der Waals surface area contributed by atoms with Crippen LogP contribution in [0.5, 0.6) is 11.5 Å². The first-order valence-electron chi connectivity index (χ1n) is 7.71. The number of aromatic nitrogens is 2. The Labute approximate surface area is 161 Å². The van der Waals surface area contributed by atoms with Crippen LogP contribution in [-0.2, 0) is 0 Å². The molecule has 0 aliphatic carbocycles. The van der Waals surface area contributed by atoms with Crippen molar-refractivity contribution in [3.63, 3.8) is 0 Å². The normalized spacial score (nSPS) is 10.7. The molecule has 0 aliphatic heterocycles. The number of halogens is 3. The number of nitrogens with one attached hydrogen (secondary N) is 1. The minimum Gasteiger partial charge on any atom is -0.493 e. The Morgan fingerprint density at radius 1 is 1.19 bits per heavy atom. The molecule has 3 rings (SSSR count). The number of anilines is 1. The van der Waals surface area contributed by atoms with Crippen molar-refractivity contribution >= 4 is 27.5 Å². The maximum Gasteiger partial charge on any atom is 0.387 e. The number of nitrogens with zero attached hydrogens (tertiary/aromatic N) is 2. The average molecular weight is 438 g/mol. The van der Waals surface area contributed by atoms with Gasteiger partial charge in [-0.05, 0) is 52.3 Å². The molecule has 1 N–H and O–H groups in total. The first kappa shape index (κ1) is 18.8. The summed E-state index contributed by atoms with van der Waals surface area (Å²) >= 11 is 3.32. The van der Waals surface area contributed by atoms with Crippen molar-refractivity contribution < 1.29 is 23.0 Å². The van der Waals surface area contributed by atoms with Crippen molar-refractivity contribution in [2.75, 3.05) is 12.4 Å². The van der Waals surface area contributed by atoms with Crippen LogP contribution in [0.2, 0.25) is 0 Å². The first-order valence-corrected chi connectivity index (χ1v) is 8.50. The van der Waals surface area contributed by atoms with Crippen LogP contribution in [0.15, 0.2) is 59.3 Å². The number of ether oxygens (including phenoxy) is 2. The molecule has 3 aromatic rings. The van der Waals surface area contributed by atoms with Crippen molar-refractivity contribution in [1.82, 2.24) is 9.78 Å². The maximum atomic E-state index is 12.5. The standard InChI is InChI=1S/C18H14BrF2N3O3/c1-26-15-7-4-13(8-16(15)27-18(20)21)23-17(25)11-2-5-14(6-3-11)24-10-12(19)9-22-24/h2-10,18H,1H3,(H,23,25). The summed E-state index contributed by atoms with van der Waals surface area (Å²) in [5.74, 6) is -0.413. The summed E-state index contributed by atoms with van der Waals surface area (Å²) < 4.78 is 36.9. The van der Waals surface area contributed by atoms with Crippen LogP contribution in [0.25, 0.3) is 5.69 Å². The average Bonchev–Trinajstić information content (AvgIpc) is 3.08. The molecule has 0 unspecified atom stereocenters. The third kappa shape index (κ3) is 4.62. The van der Waals surface area contributed by atoms with Gasteiger partial charge in [0.2, 0.25) is 0 Å². The van der Waals surface area contributed by atoms with E-state index in [9.17, 15) is 13.6 Å². The number of carbonyl (C=O) groups is 1. The molecule has 1 aromatic heterocycles. The Balaban J connectivity index is 1.75. The Hall–Kier alpha value is -2.94. The Morgan fingerprint density at radius 3 is 2.52 bits per heavy atom. The molecule has 1 amide bonds. The minimum atomic E-state index is -3.00. The van der Waals surface area contributed by atoms with Crippen molar-refractivity contribution in [2.24, 2.45) is 0 Å². The summed E-state index contributed by atoms with van der Waals surface area (Å²) in [5.41, 5.74) is 1.49. The lowest BCUT2D eigenvalue weighted by atomic mass is 10.2. The lowest BCUT2D eigenvalue weighted by Gasteiger charge is -2.12. The molecule has 1 heterocycles. The number of amides is 1. The lowest BCUT2D eigenvalue weighted by Crippen LogP contribution is -2.12. The minimum absolute atomic E-state index is 0.142. The van der Waals surface area contributed by atoms with E-state index in [1.165, 1.54) is 25.3 Å². The van der Waals surface area contributed by atoms with E-state index in [4.69, 9.17) is 4.74 Å². The summed E-state index contributed by atoms with van der Waals surface area (Å²) in [6, 6.07) is 11.0. The highest BCUT2D eigenvalue weighted by Gasteiger charge is 2.13.